The average molecular weight is 279 g/mol. The van der Waals surface area contributed by atoms with Crippen molar-refractivity contribution in [3.8, 4) is 0 Å². The topological polar surface area (TPSA) is 73.3 Å². The maximum atomic E-state index is 11.6. The predicted octanol–water partition coefficient (Wildman–Crippen LogP) is 2.31. The van der Waals surface area contributed by atoms with Gasteiger partial charge in [-0.3, -0.25) is 15.5 Å². The Morgan fingerprint density at radius 3 is 2.10 bits per heavy atom. The van der Waals surface area contributed by atoms with Gasteiger partial charge in [0.25, 0.3) is 5.91 Å². The highest BCUT2D eigenvalue weighted by Crippen LogP contribution is 2.20. The minimum Gasteiger partial charge on any atom is -0.279 e. The largest absolute Gasteiger partial charge is 0.334 e. The van der Waals surface area contributed by atoms with Gasteiger partial charge in [0.05, 0.1) is 5.69 Å². The number of hydrogen-bond acceptors (Lipinski definition) is 3. The number of hydrogen-bond donors (Lipinski definition) is 2. The summed E-state index contributed by atoms with van der Waals surface area (Å²) in [4.78, 5) is 24.0. The van der Waals surface area contributed by atoms with Gasteiger partial charge < -0.3 is 0 Å². The van der Waals surface area contributed by atoms with Gasteiger partial charge in [0, 0.05) is 0 Å². The smallest absolute Gasteiger partial charge is 0.279 e. The summed E-state index contributed by atoms with van der Waals surface area (Å²) in [5, 5.41) is 9.70. The van der Waals surface area contributed by atoms with Crippen molar-refractivity contribution >= 4 is 23.5 Å². The number of nitrogens with zero attached hydrogens (tertiary/aromatic N) is 1. The minimum atomic E-state index is -0.673. The quantitative estimate of drug-likeness (QED) is 0.846. The summed E-state index contributed by atoms with van der Waals surface area (Å²) in [6, 6.07) is 16.7. The first kappa shape index (κ1) is 13.1. The molecule has 0 radical (unpaired) electrons. The van der Waals surface area contributed by atoms with Crippen LogP contribution in [-0.4, -0.2) is 17.8 Å². The molecule has 1 aliphatic heterocycles. The van der Waals surface area contributed by atoms with Gasteiger partial charge in [-0.2, -0.15) is 0 Å². The molecular weight excluding hydrogens is 266 g/mol. The van der Waals surface area contributed by atoms with E-state index in [9.17, 15) is 9.59 Å². The molecule has 2 aromatic carbocycles. The second-order valence-corrected chi connectivity index (χ2v) is 4.77. The molecule has 0 saturated carbocycles. The number of benzene rings is 2. The van der Waals surface area contributed by atoms with Crippen LogP contribution in [0.2, 0.25) is 0 Å². The molecular formula is C16H13N3O2. The molecule has 1 aliphatic rings. The fourth-order valence-corrected chi connectivity index (χ4v) is 2.26. The van der Waals surface area contributed by atoms with E-state index >= 15 is 0 Å². The Bertz CT molecular complexity index is 708. The van der Waals surface area contributed by atoms with Gasteiger partial charge in [-0.1, -0.05) is 42.5 Å². The zero-order chi connectivity index (χ0) is 14.8. The van der Waals surface area contributed by atoms with Crippen LogP contribution in [0.1, 0.15) is 11.1 Å². The van der Waals surface area contributed by atoms with Gasteiger partial charge in [0.15, 0.2) is 0 Å². The van der Waals surface area contributed by atoms with E-state index in [0.717, 1.165) is 16.9 Å². The maximum Gasteiger partial charge on any atom is 0.334 e. The molecule has 21 heavy (non-hydrogen) atoms. The van der Waals surface area contributed by atoms with E-state index in [2.05, 4.69) is 17.4 Å². The van der Waals surface area contributed by atoms with Crippen molar-refractivity contribution in [2.75, 3.05) is 4.90 Å². The summed E-state index contributed by atoms with van der Waals surface area (Å²) in [7, 11) is 0. The molecule has 1 fully saturated rings. The number of nitrogens with one attached hydrogen (secondary N) is 2. The van der Waals surface area contributed by atoms with Crippen molar-refractivity contribution in [3.63, 3.8) is 0 Å². The van der Waals surface area contributed by atoms with Crippen LogP contribution in [0.15, 0.2) is 54.6 Å². The average Bonchev–Trinajstić information content (AvgIpc) is 2.74. The van der Waals surface area contributed by atoms with Crippen LogP contribution in [-0.2, 0) is 11.2 Å². The summed E-state index contributed by atoms with van der Waals surface area (Å²) in [5.41, 5.74) is 2.81. The molecule has 3 rings (SSSR count). The Kier molecular flexibility index (Phi) is 3.23. The summed E-state index contributed by atoms with van der Waals surface area (Å²) in [5.74, 6) is -1.02. The monoisotopic (exact) mass is 279 g/mol. The first-order chi connectivity index (χ1) is 10.1. The molecule has 3 amide bonds. The van der Waals surface area contributed by atoms with Crippen molar-refractivity contribution in [2.24, 2.45) is 0 Å². The van der Waals surface area contributed by atoms with Crippen molar-refractivity contribution in [1.29, 1.82) is 5.41 Å². The molecule has 2 N–H and O–H groups in total. The number of amidine groups is 1. The van der Waals surface area contributed by atoms with E-state index in [1.165, 1.54) is 5.56 Å². The van der Waals surface area contributed by atoms with E-state index in [1.807, 2.05) is 30.3 Å². The molecule has 5 heteroatoms. The fourth-order valence-electron chi connectivity index (χ4n) is 2.26. The van der Waals surface area contributed by atoms with Gasteiger partial charge in [-0.15, -0.1) is 0 Å². The molecule has 0 aromatic heterocycles. The Balaban J connectivity index is 1.80. The molecule has 5 nitrogen and oxygen atoms in total. The van der Waals surface area contributed by atoms with Gasteiger partial charge >= 0.3 is 6.03 Å². The number of rotatable bonds is 3. The predicted molar refractivity (Wildman–Crippen MR) is 79.4 cm³/mol. The molecule has 1 heterocycles. The van der Waals surface area contributed by atoms with Crippen LogP contribution in [0.5, 0.6) is 0 Å². The third kappa shape index (κ3) is 2.53. The summed E-state index contributed by atoms with van der Waals surface area (Å²) >= 11 is 0. The lowest BCUT2D eigenvalue weighted by atomic mass is 10.0. The number of carbonyl (C=O) groups excluding carboxylic acids is 2. The normalized spacial score (nSPS) is 14.5. The van der Waals surface area contributed by atoms with Crippen molar-refractivity contribution in [2.45, 2.75) is 6.42 Å². The highest BCUT2D eigenvalue weighted by molar-refractivity contribution is 6.54. The second-order valence-electron chi connectivity index (χ2n) is 4.77. The summed E-state index contributed by atoms with van der Waals surface area (Å²) in [6.45, 7) is 0. The van der Waals surface area contributed by atoms with Crippen molar-refractivity contribution in [3.05, 3.63) is 65.7 Å². The number of imide groups is 1. The molecule has 0 spiro atoms. The molecule has 0 atom stereocenters. The zero-order valence-electron chi connectivity index (χ0n) is 11.2. The Hall–Kier alpha value is -2.95. The third-order valence-electron chi connectivity index (χ3n) is 3.31. The second kappa shape index (κ2) is 5.20. The van der Waals surface area contributed by atoms with Gasteiger partial charge in [-0.25, -0.2) is 9.69 Å². The molecule has 104 valence electrons. The van der Waals surface area contributed by atoms with Crippen molar-refractivity contribution in [1.82, 2.24) is 5.32 Å². The first-order valence-electron chi connectivity index (χ1n) is 6.52. The van der Waals surface area contributed by atoms with Crippen LogP contribution >= 0.6 is 0 Å². The highest BCUT2D eigenvalue weighted by atomic mass is 16.2. The highest BCUT2D eigenvalue weighted by Gasteiger charge is 2.34. The maximum absolute atomic E-state index is 11.6. The van der Waals surface area contributed by atoms with E-state index in [-0.39, 0.29) is 5.84 Å². The molecule has 2 aromatic rings. The van der Waals surface area contributed by atoms with Crippen LogP contribution in [0.25, 0.3) is 0 Å². The van der Waals surface area contributed by atoms with E-state index in [1.54, 1.807) is 12.1 Å². The number of amides is 3. The van der Waals surface area contributed by atoms with Crippen LogP contribution in [0.4, 0.5) is 10.5 Å². The van der Waals surface area contributed by atoms with Crippen LogP contribution in [0.3, 0.4) is 0 Å². The third-order valence-corrected chi connectivity index (χ3v) is 3.31. The van der Waals surface area contributed by atoms with E-state index < -0.39 is 11.9 Å². The Labute approximate surface area is 121 Å². The first-order valence-corrected chi connectivity index (χ1v) is 6.52. The van der Waals surface area contributed by atoms with Gasteiger partial charge in [-0.05, 0) is 29.7 Å². The number of anilines is 1. The van der Waals surface area contributed by atoms with Gasteiger partial charge in [0.2, 0.25) is 5.84 Å². The minimum absolute atomic E-state index is 0.351. The van der Waals surface area contributed by atoms with Crippen molar-refractivity contribution < 1.29 is 9.59 Å². The molecule has 0 bridgehead atoms. The lowest BCUT2D eigenvalue weighted by Crippen LogP contribution is -2.30. The van der Waals surface area contributed by atoms with E-state index in [4.69, 9.17) is 5.41 Å². The summed E-state index contributed by atoms with van der Waals surface area (Å²) < 4.78 is 0. The number of urea groups is 1. The lowest BCUT2D eigenvalue weighted by Gasteiger charge is -2.13. The Morgan fingerprint density at radius 1 is 0.905 bits per heavy atom. The standard InChI is InChI=1S/C16H13N3O2/c17-14-15(20)18-16(21)19(14)13-8-6-12(7-9-13)10-11-4-2-1-3-5-11/h1-9,17H,10H2,(H,18,20,21). The fraction of sp³-hybridized carbons (Fsp3) is 0.0625. The Morgan fingerprint density at radius 2 is 1.52 bits per heavy atom. The molecule has 1 saturated heterocycles. The number of carbonyl (C=O) groups is 2. The van der Waals surface area contributed by atoms with E-state index in [0.29, 0.717) is 5.69 Å². The van der Waals surface area contributed by atoms with Crippen LogP contribution in [0, 0.1) is 5.41 Å². The van der Waals surface area contributed by atoms with Crippen LogP contribution < -0.4 is 10.2 Å². The van der Waals surface area contributed by atoms with Gasteiger partial charge in [0.1, 0.15) is 0 Å². The molecule has 0 unspecified atom stereocenters. The summed E-state index contributed by atoms with van der Waals surface area (Å²) in [6.07, 6.45) is 0.795. The lowest BCUT2D eigenvalue weighted by molar-refractivity contribution is -0.113. The zero-order valence-corrected chi connectivity index (χ0v) is 11.2. The SMILES string of the molecule is N=C1C(=O)NC(=O)N1c1ccc(Cc2ccccc2)cc1. The molecule has 0 aliphatic carbocycles.